The molecule has 0 atom stereocenters. The molecule has 0 fully saturated rings. The summed E-state index contributed by atoms with van der Waals surface area (Å²) in [6.45, 7) is -0.508. The van der Waals surface area contributed by atoms with Gasteiger partial charge in [-0.2, -0.15) is 0 Å². The average molecular weight is 434 g/mol. The number of esters is 1. The number of para-hydroxylation sites is 2. The molecule has 158 valence electrons. The molecule has 2 rings (SSSR count). The topological polar surface area (TPSA) is 123 Å². The average Bonchev–Trinajstić information content (AvgIpc) is 2.75. The summed E-state index contributed by atoms with van der Waals surface area (Å²) in [5, 5.41) is 3.03. The van der Waals surface area contributed by atoms with Crippen LogP contribution in [0.5, 0.6) is 5.75 Å². The van der Waals surface area contributed by atoms with Crippen LogP contribution in [-0.4, -0.2) is 37.4 Å². The van der Waals surface area contributed by atoms with E-state index in [1.54, 1.807) is 36.4 Å². The number of halogens is 1. The van der Waals surface area contributed by atoms with Gasteiger partial charge >= 0.3 is 5.97 Å². The molecule has 0 aliphatic heterocycles. The van der Waals surface area contributed by atoms with E-state index in [-0.39, 0.29) is 12.8 Å². The summed E-state index contributed by atoms with van der Waals surface area (Å²) < 4.78 is 9.94. The van der Waals surface area contributed by atoms with E-state index in [9.17, 15) is 19.2 Å². The van der Waals surface area contributed by atoms with Crippen LogP contribution in [0.25, 0.3) is 0 Å². The number of hydrazine groups is 1. The van der Waals surface area contributed by atoms with Crippen LogP contribution in [0.4, 0.5) is 5.69 Å². The molecule has 2 aromatic carbocycles. The molecule has 30 heavy (non-hydrogen) atoms. The predicted octanol–water partition coefficient (Wildman–Crippen LogP) is 2.07. The second kappa shape index (κ2) is 11.4. The zero-order valence-corrected chi connectivity index (χ0v) is 16.8. The van der Waals surface area contributed by atoms with E-state index in [1.165, 1.54) is 19.2 Å². The lowest BCUT2D eigenvalue weighted by molar-refractivity contribution is -0.148. The molecule has 0 saturated heterocycles. The fraction of sp³-hybridized carbons (Fsp3) is 0.200. The predicted molar refractivity (Wildman–Crippen MR) is 109 cm³/mol. The minimum absolute atomic E-state index is 0.228. The fourth-order valence-corrected chi connectivity index (χ4v) is 2.36. The van der Waals surface area contributed by atoms with Gasteiger partial charge < -0.3 is 14.8 Å². The van der Waals surface area contributed by atoms with Crippen LogP contribution in [0.1, 0.15) is 23.2 Å². The number of rotatable bonds is 8. The van der Waals surface area contributed by atoms with Gasteiger partial charge in [-0.3, -0.25) is 30.0 Å². The third kappa shape index (κ3) is 7.44. The van der Waals surface area contributed by atoms with Gasteiger partial charge in [-0.15, -0.1) is 0 Å². The summed E-state index contributed by atoms with van der Waals surface area (Å²) in [5.41, 5.74) is 5.16. The molecule has 0 aromatic heterocycles. The fourth-order valence-electron chi connectivity index (χ4n) is 2.23. The van der Waals surface area contributed by atoms with Gasteiger partial charge in [0.2, 0.25) is 5.91 Å². The third-order valence-corrected chi connectivity index (χ3v) is 3.98. The van der Waals surface area contributed by atoms with Gasteiger partial charge in [-0.05, 0) is 36.4 Å². The maximum atomic E-state index is 11.9. The Morgan fingerprint density at radius 2 is 1.60 bits per heavy atom. The second-order valence-corrected chi connectivity index (χ2v) is 6.35. The minimum Gasteiger partial charge on any atom is -0.495 e. The Kier molecular flexibility index (Phi) is 8.64. The smallest absolute Gasteiger partial charge is 0.306 e. The summed E-state index contributed by atoms with van der Waals surface area (Å²) in [7, 11) is 1.47. The Balaban J connectivity index is 1.66. The van der Waals surface area contributed by atoms with Crippen LogP contribution in [0.2, 0.25) is 5.02 Å². The summed E-state index contributed by atoms with van der Waals surface area (Å²) in [5.74, 6) is -1.94. The zero-order chi connectivity index (χ0) is 21.9. The molecule has 10 heteroatoms. The molecular formula is C20H20ClN3O6. The van der Waals surface area contributed by atoms with E-state index >= 15 is 0 Å². The highest BCUT2D eigenvalue weighted by molar-refractivity contribution is 6.30. The molecule has 9 nitrogen and oxygen atoms in total. The van der Waals surface area contributed by atoms with E-state index in [0.717, 1.165) is 0 Å². The van der Waals surface area contributed by atoms with E-state index in [0.29, 0.717) is 22.0 Å². The molecule has 0 saturated carbocycles. The Morgan fingerprint density at radius 3 is 2.30 bits per heavy atom. The van der Waals surface area contributed by atoms with Gasteiger partial charge in [0.15, 0.2) is 6.61 Å². The van der Waals surface area contributed by atoms with Crippen LogP contribution >= 0.6 is 11.6 Å². The van der Waals surface area contributed by atoms with Crippen LogP contribution in [0.3, 0.4) is 0 Å². The molecule has 3 amide bonds. The molecule has 0 aliphatic rings. The molecule has 3 N–H and O–H groups in total. The number of anilines is 1. The maximum absolute atomic E-state index is 11.9. The van der Waals surface area contributed by atoms with Crippen molar-refractivity contribution >= 4 is 41.0 Å². The number of hydrogen-bond acceptors (Lipinski definition) is 6. The molecule has 0 bridgehead atoms. The first-order valence-corrected chi connectivity index (χ1v) is 9.20. The molecular weight excluding hydrogens is 414 g/mol. The van der Waals surface area contributed by atoms with Crippen molar-refractivity contribution in [3.05, 3.63) is 59.1 Å². The van der Waals surface area contributed by atoms with Crippen molar-refractivity contribution in [2.75, 3.05) is 19.0 Å². The van der Waals surface area contributed by atoms with Crippen molar-refractivity contribution in [3.63, 3.8) is 0 Å². The van der Waals surface area contributed by atoms with Crippen LogP contribution < -0.4 is 20.9 Å². The highest BCUT2D eigenvalue weighted by Gasteiger charge is 2.13. The van der Waals surface area contributed by atoms with Crippen LogP contribution in [-0.2, 0) is 19.1 Å². The van der Waals surface area contributed by atoms with Gasteiger partial charge in [0, 0.05) is 17.0 Å². The second-order valence-electron chi connectivity index (χ2n) is 5.92. The Labute approximate surface area is 177 Å². The van der Waals surface area contributed by atoms with Crippen molar-refractivity contribution in [3.8, 4) is 5.75 Å². The standard InChI is InChI=1S/C20H20ClN3O6/c1-29-16-5-3-2-4-15(16)22-18(26)12-30-19(27)11-10-17(25)23-24-20(28)13-6-8-14(21)9-7-13/h2-9H,10-12H2,1H3,(H,22,26)(H,23,25)(H,24,28). The van der Waals surface area contributed by atoms with E-state index in [4.69, 9.17) is 21.1 Å². The number of methoxy groups -OCH3 is 1. The third-order valence-electron chi connectivity index (χ3n) is 3.72. The normalized spacial score (nSPS) is 9.93. The number of carbonyl (C=O) groups excluding carboxylic acids is 4. The lowest BCUT2D eigenvalue weighted by Crippen LogP contribution is -2.41. The zero-order valence-electron chi connectivity index (χ0n) is 16.1. The summed E-state index contributed by atoms with van der Waals surface area (Å²) in [4.78, 5) is 47.2. The van der Waals surface area contributed by atoms with Crippen LogP contribution in [0, 0.1) is 0 Å². The Hall–Kier alpha value is -3.59. The monoisotopic (exact) mass is 433 g/mol. The van der Waals surface area contributed by atoms with E-state index in [2.05, 4.69) is 16.2 Å². The van der Waals surface area contributed by atoms with Crippen molar-refractivity contribution in [2.45, 2.75) is 12.8 Å². The Bertz CT molecular complexity index is 917. The minimum atomic E-state index is -0.732. The van der Waals surface area contributed by atoms with E-state index in [1.807, 2.05) is 0 Å². The highest BCUT2D eigenvalue weighted by atomic mass is 35.5. The van der Waals surface area contributed by atoms with Gasteiger partial charge in [0.1, 0.15) is 5.75 Å². The number of benzene rings is 2. The molecule has 0 aliphatic carbocycles. The molecule has 0 heterocycles. The van der Waals surface area contributed by atoms with E-state index < -0.39 is 30.3 Å². The number of amides is 3. The van der Waals surface area contributed by atoms with Crippen molar-refractivity contribution in [1.82, 2.24) is 10.9 Å². The van der Waals surface area contributed by atoms with Gasteiger partial charge in [-0.25, -0.2) is 0 Å². The summed E-state index contributed by atoms with van der Waals surface area (Å²) in [6.07, 6.45) is -0.488. The SMILES string of the molecule is COc1ccccc1NC(=O)COC(=O)CCC(=O)NNC(=O)c1ccc(Cl)cc1. The molecule has 2 aromatic rings. The first-order chi connectivity index (χ1) is 14.4. The number of nitrogens with one attached hydrogen (secondary N) is 3. The van der Waals surface area contributed by atoms with Crippen LogP contribution in [0.15, 0.2) is 48.5 Å². The first kappa shape index (κ1) is 22.7. The van der Waals surface area contributed by atoms with Gasteiger partial charge in [0.05, 0.1) is 19.2 Å². The first-order valence-electron chi connectivity index (χ1n) is 8.82. The quantitative estimate of drug-likeness (QED) is 0.432. The lowest BCUT2D eigenvalue weighted by Gasteiger charge is -2.10. The largest absolute Gasteiger partial charge is 0.495 e. The highest BCUT2D eigenvalue weighted by Crippen LogP contribution is 2.22. The molecule has 0 radical (unpaired) electrons. The maximum Gasteiger partial charge on any atom is 0.306 e. The number of ether oxygens (including phenoxy) is 2. The Morgan fingerprint density at radius 1 is 0.900 bits per heavy atom. The molecule has 0 spiro atoms. The van der Waals surface area contributed by atoms with Gasteiger partial charge in [0.25, 0.3) is 11.8 Å². The molecule has 0 unspecified atom stereocenters. The van der Waals surface area contributed by atoms with Crippen molar-refractivity contribution in [2.24, 2.45) is 0 Å². The van der Waals surface area contributed by atoms with Crippen molar-refractivity contribution < 1.29 is 28.7 Å². The number of carbonyl (C=O) groups is 4. The number of hydrogen-bond donors (Lipinski definition) is 3. The van der Waals surface area contributed by atoms with Gasteiger partial charge in [-0.1, -0.05) is 23.7 Å². The van der Waals surface area contributed by atoms with Crippen molar-refractivity contribution in [1.29, 1.82) is 0 Å². The summed E-state index contributed by atoms with van der Waals surface area (Å²) >= 11 is 5.74. The lowest BCUT2D eigenvalue weighted by atomic mass is 10.2. The summed E-state index contributed by atoms with van der Waals surface area (Å²) in [6, 6.07) is 12.9.